The molecule has 0 spiro atoms. The van der Waals surface area contributed by atoms with Gasteiger partial charge in [0.05, 0.1) is 29.0 Å². The maximum absolute atomic E-state index is 13.2. The number of hydrogen-bond donors (Lipinski definition) is 3. The molecule has 5 N–H and O–H groups in total. The number of carbonyl (C=O) groups is 1. The molecule has 30 heavy (non-hydrogen) atoms. The number of hydrogen-bond acceptors (Lipinski definition) is 7. The first-order valence-corrected chi connectivity index (χ1v) is 9.70. The third kappa shape index (κ3) is 2.44. The van der Waals surface area contributed by atoms with E-state index in [0.29, 0.717) is 35.5 Å². The number of esters is 1. The Balaban J connectivity index is 0.00000218. The smallest absolute Gasteiger partial charge is 0.343 e. The van der Waals surface area contributed by atoms with Crippen LogP contribution < -0.4 is 11.7 Å². The first-order valence-electron chi connectivity index (χ1n) is 9.70. The lowest BCUT2D eigenvalue weighted by atomic mass is 9.86. The summed E-state index contributed by atoms with van der Waals surface area (Å²) in [7, 11) is 0. The molecule has 8 nitrogen and oxygen atoms in total. The van der Waals surface area contributed by atoms with Gasteiger partial charge in [-0.2, -0.15) is 0 Å². The van der Waals surface area contributed by atoms with E-state index in [9.17, 15) is 19.8 Å². The maximum atomic E-state index is 13.2. The maximum Gasteiger partial charge on any atom is 0.343 e. The summed E-state index contributed by atoms with van der Waals surface area (Å²) < 4.78 is 6.73. The van der Waals surface area contributed by atoms with Crippen LogP contribution in [0.2, 0.25) is 0 Å². The summed E-state index contributed by atoms with van der Waals surface area (Å²) in [6, 6.07) is 6.75. The zero-order chi connectivity index (χ0) is 20.5. The van der Waals surface area contributed by atoms with Crippen LogP contribution in [0.25, 0.3) is 22.3 Å². The zero-order valence-corrected chi connectivity index (χ0v) is 16.9. The van der Waals surface area contributed by atoms with Crippen LogP contribution in [0, 0.1) is 0 Å². The number of aliphatic hydroxyl groups is 1. The molecule has 0 radical (unpaired) electrons. The summed E-state index contributed by atoms with van der Waals surface area (Å²) >= 11 is 0. The molecular weight excluding hydrogens is 386 g/mol. The Morgan fingerprint density at radius 1 is 1.20 bits per heavy atom. The predicted octanol–water partition coefficient (Wildman–Crippen LogP) is 2.51. The predicted molar refractivity (Wildman–Crippen MR) is 111 cm³/mol. The standard InChI is InChI=1S/C22H20N2O5.H3N/c1-3-12-13-7-11(25)5-6-17(13)23-19-14(12)9-24-18(19)8-16-15(20(24)26)10-29-21(27)22(16,28)4-2;/h5-8,25,28H,3-4,9-10H2,1-2H3;1H3. The van der Waals surface area contributed by atoms with Crippen molar-refractivity contribution in [3.05, 3.63) is 56.9 Å². The van der Waals surface area contributed by atoms with Crippen molar-refractivity contribution in [2.45, 2.75) is 45.4 Å². The molecular formula is C22H23N3O5. The van der Waals surface area contributed by atoms with Crippen LogP contribution in [0.1, 0.15) is 42.5 Å². The largest absolute Gasteiger partial charge is 0.508 e. The molecule has 0 aliphatic carbocycles. The van der Waals surface area contributed by atoms with Gasteiger partial charge in [0.15, 0.2) is 5.60 Å². The fraction of sp³-hybridized carbons (Fsp3) is 0.318. The molecule has 0 amide bonds. The molecule has 1 aromatic carbocycles. The van der Waals surface area contributed by atoms with Crippen molar-refractivity contribution in [2.24, 2.45) is 0 Å². The number of nitrogens with zero attached hydrogens (tertiary/aromatic N) is 2. The Hall–Kier alpha value is -3.23. The highest BCUT2D eigenvalue weighted by molar-refractivity contribution is 5.89. The molecule has 5 rings (SSSR count). The Kier molecular flexibility index (Phi) is 4.44. The number of pyridine rings is 2. The summed E-state index contributed by atoms with van der Waals surface area (Å²) in [5.41, 5.74) is 2.47. The number of rotatable bonds is 2. The van der Waals surface area contributed by atoms with E-state index in [1.54, 1.807) is 35.8 Å². The molecule has 1 atom stereocenters. The summed E-state index contributed by atoms with van der Waals surface area (Å²) in [4.78, 5) is 30.2. The van der Waals surface area contributed by atoms with Crippen LogP contribution in [0.4, 0.5) is 0 Å². The lowest BCUT2D eigenvalue weighted by Crippen LogP contribution is -2.44. The second-order valence-corrected chi connectivity index (χ2v) is 7.58. The van der Waals surface area contributed by atoms with Crippen molar-refractivity contribution in [3.63, 3.8) is 0 Å². The van der Waals surface area contributed by atoms with Crippen LogP contribution in [0.5, 0.6) is 5.75 Å². The zero-order valence-electron chi connectivity index (χ0n) is 16.9. The van der Waals surface area contributed by atoms with E-state index < -0.39 is 11.6 Å². The van der Waals surface area contributed by atoms with Gasteiger partial charge >= 0.3 is 5.97 Å². The number of cyclic esters (lactones) is 1. The number of fused-ring (bicyclic) bond motifs is 5. The number of aromatic hydroxyl groups is 1. The van der Waals surface area contributed by atoms with Gasteiger partial charge in [0.25, 0.3) is 5.56 Å². The fourth-order valence-corrected chi connectivity index (χ4v) is 4.55. The number of phenolic OH excluding ortho intramolecular Hbond substituents is 1. The monoisotopic (exact) mass is 409 g/mol. The Labute approximate surface area is 172 Å². The molecule has 0 bridgehead atoms. The van der Waals surface area contributed by atoms with Gasteiger partial charge < -0.3 is 25.7 Å². The summed E-state index contributed by atoms with van der Waals surface area (Å²) in [5.74, 6) is -0.563. The molecule has 1 unspecified atom stereocenters. The van der Waals surface area contributed by atoms with Crippen LogP contribution in [0.15, 0.2) is 29.1 Å². The topological polar surface area (TPSA) is 137 Å². The van der Waals surface area contributed by atoms with Crippen molar-refractivity contribution in [1.82, 2.24) is 15.7 Å². The normalized spacial score (nSPS) is 19.0. The molecule has 156 valence electrons. The van der Waals surface area contributed by atoms with Crippen LogP contribution in [-0.4, -0.2) is 25.7 Å². The van der Waals surface area contributed by atoms with E-state index in [1.165, 1.54) is 0 Å². The van der Waals surface area contributed by atoms with Crippen molar-refractivity contribution in [1.29, 1.82) is 0 Å². The van der Waals surface area contributed by atoms with Gasteiger partial charge in [-0.15, -0.1) is 0 Å². The van der Waals surface area contributed by atoms with Gasteiger partial charge in [0.2, 0.25) is 0 Å². The molecule has 8 heteroatoms. The first kappa shape index (κ1) is 20.1. The SMILES string of the molecule is CCc1c2c(nc3ccc(O)cc13)-c1cc3c(c(=O)n1C2)COC(=O)C3(O)CC.N. The third-order valence-electron chi connectivity index (χ3n) is 6.14. The van der Waals surface area contributed by atoms with Gasteiger partial charge in [-0.25, -0.2) is 9.78 Å². The highest BCUT2D eigenvalue weighted by Crippen LogP contribution is 2.40. The second kappa shape index (κ2) is 6.65. The number of aryl methyl sites for hydroxylation is 1. The quantitative estimate of drug-likeness (QED) is 0.433. The van der Waals surface area contributed by atoms with E-state index in [4.69, 9.17) is 9.72 Å². The van der Waals surface area contributed by atoms with E-state index in [1.807, 2.05) is 6.92 Å². The van der Waals surface area contributed by atoms with Gasteiger partial charge in [0, 0.05) is 16.5 Å². The molecule has 0 fully saturated rings. The van der Waals surface area contributed by atoms with Gasteiger partial charge in [-0.05, 0) is 42.7 Å². The molecule has 2 aliphatic rings. The molecule has 2 aromatic heterocycles. The van der Waals surface area contributed by atoms with Crippen LogP contribution in [-0.2, 0) is 34.7 Å². The van der Waals surface area contributed by atoms with Crippen molar-refractivity contribution in [2.75, 3.05) is 0 Å². The minimum Gasteiger partial charge on any atom is -0.508 e. The molecule has 2 aliphatic heterocycles. The Morgan fingerprint density at radius 3 is 2.67 bits per heavy atom. The van der Waals surface area contributed by atoms with Crippen LogP contribution in [0.3, 0.4) is 0 Å². The number of carbonyl (C=O) groups excluding carboxylic acids is 1. The summed E-state index contributed by atoms with van der Waals surface area (Å²) in [6.45, 7) is 3.92. The van der Waals surface area contributed by atoms with Crippen molar-refractivity contribution < 1.29 is 19.7 Å². The van der Waals surface area contributed by atoms with Gasteiger partial charge in [-0.3, -0.25) is 4.79 Å². The number of aromatic nitrogens is 2. The van der Waals surface area contributed by atoms with Gasteiger partial charge in [0.1, 0.15) is 12.4 Å². The molecule has 4 heterocycles. The summed E-state index contributed by atoms with van der Waals surface area (Å²) in [6.07, 6.45) is 0.826. The average molecular weight is 409 g/mol. The minimum absolute atomic E-state index is 0. The van der Waals surface area contributed by atoms with E-state index in [2.05, 4.69) is 0 Å². The minimum atomic E-state index is -1.83. The molecule has 0 saturated heterocycles. The number of ether oxygens (including phenoxy) is 1. The number of phenols is 1. The second-order valence-electron chi connectivity index (χ2n) is 7.58. The summed E-state index contributed by atoms with van der Waals surface area (Å²) in [5, 5.41) is 21.7. The van der Waals surface area contributed by atoms with Crippen LogP contribution >= 0.6 is 0 Å². The number of benzene rings is 1. The lowest BCUT2D eigenvalue weighted by Gasteiger charge is -2.31. The highest BCUT2D eigenvalue weighted by Gasteiger charge is 2.45. The van der Waals surface area contributed by atoms with Crippen molar-refractivity contribution in [3.8, 4) is 17.1 Å². The molecule has 0 saturated carbocycles. The van der Waals surface area contributed by atoms with E-state index >= 15 is 0 Å². The lowest BCUT2D eigenvalue weighted by molar-refractivity contribution is -0.172. The fourth-order valence-electron chi connectivity index (χ4n) is 4.55. The average Bonchev–Trinajstić information content (AvgIpc) is 3.08. The Bertz CT molecular complexity index is 1280. The van der Waals surface area contributed by atoms with E-state index in [-0.39, 0.29) is 30.5 Å². The third-order valence-corrected chi connectivity index (χ3v) is 6.14. The molecule has 3 aromatic rings. The van der Waals surface area contributed by atoms with E-state index in [0.717, 1.165) is 22.0 Å². The highest BCUT2D eigenvalue weighted by atomic mass is 16.6. The first-order chi connectivity index (χ1) is 13.9. The van der Waals surface area contributed by atoms with Crippen molar-refractivity contribution >= 4 is 16.9 Å². The van der Waals surface area contributed by atoms with Gasteiger partial charge in [-0.1, -0.05) is 13.8 Å². The Morgan fingerprint density at radius 2 is 1.97 bits per heavy atom.